The fraction of sp³-hybridized carbons (Fsp3) is 0.500. The third-order valence-corrected chi connectivity index (χ3v) is 1.21. The van der Waals surface area contributed by atoms with Gasteiger partial charge in [-0.3, -0.25) is 10.2 Å². The Morgan fingerprint density at radius 1 is 1.43 bits per heavy atom. The van der Waals surface area contributed by atoms with Crippen LogP contribution in [0.3, 0.4) is 0 Å². The molecular formula is C6H13N5O3. The van der Waals surface area contributed by atoms with Crippen LogP contribution in [0.15, 0.2) is 0 Å². The van der Waals surface area contributed by atoms with Gasteiger partial charge in [0.1, 0.15) is 0 Å². The molecule has 0 saturated heterocycles. The Bertz CT molecular complexity index is 242. The third-order valence-electron chi connectivity index (χ3n) is 1.21. The van der Waals surface area contributed by atoms with Gasteiger partial charge in [0, 0.05) is 6.42 Å². The molecule has 0 aliphatic carbocycles. The molecule has 2 amide bonds. The first-order valence-electron chi connectivity index (χ1n) is 3.78. The lowest BCUT2D eigenvalue weighted by Crippen LogP contribution is -2.44. The van der Waals surface area contributed by atoms with Crippen LogP contribution in [-0.2, 0) is 9.53 Å². The van der Waals surface area contributed by atoms with Crippen molar-refractivity contribution in [3.05, 3.63) is 0 Å². The molecule has 8 heteroatoms. The molecule has 0 bridgehead atoms. The molecular weight excluding hydrogens is 190 g/mol. The van der Waals surface area contributed by atoms with Crippen molar-refractivity contribution in [1.29, 1.82) is 5.41 Å². The smallest absolute Gasteiger partial charge is 0.313 e. The fourth-order valence-corrected chi connectivity index (χ4v) is 0.702. The highest BCUT2D eigenvalue weighted by molar-refractivity contribution is 5.84. The Labute approximate surface area is 80.3 Å². The average Bonchev–Trinajstić information content (AvgIpc) is 1.98. The molecule has 0 aromatic rings. The van der Waals surface area contributed by atoms with Crippen LogP contribution in [0.4, 0.5) is 4.79 Å². The number of carbonyl (C=O) groups is 2. The topological polar surface area (TPSA) is 157 Å². The van der Waals surface area contributed by atoms with Gasteiger partial charge >= 0.3 is 12.0 Å². The van der Waals surface area contributed by atoms with E-state index < -0.39 is 24.2 Å². The summed E-state index contributed by atoms with van der Waals surface area (Å²) in [7, 11) is 0. The quantitative estimate of drug-likeness (QED) is 0.157. The van der Waals surface area contributed by atoms with Crippen molar-refractivity contribution in [2.24, 2.45) is 17.2 Å². The van der Waals surface area contributed by atoms with Gasteiger partial charge in [0.2, 0.25) is 0 Å². The van der Waals surface area contributed by atoms with E-state index in [1.807, 2.05) is 0 Å². The van der Waals surface area contributed by atoms with E-state index in [9.17, 15) is 9.59 Å². The summed E-state index contributed by atoms with van der Waals surface area (Å²) in [6, 6.07) is -1.44. The van der Waals surface area contributed by atoms with E-state index in [2.05, 4.69) is 10.1 Å². The van der Waals surface area contributed by atoms with E-state index in [-0.39, 0.29) is 12.8 Å². The average molecular weight is 203 g/mol. The summed E-state index contributed by atoms with van der Waals surface area (Å²) in [6.45, 7) is 0. The summed E-state index contributed by atoms with van der Waals surface area (Å²) in [4.78, 5) is 21.1. The second-order valence-corrected chi connectivity index (χ2v) is 2.49. The van der Waals surface area contributed by atoms with E-state index >= 15 is 0 Å². The monoisotopic (exact) mass is 203 g/mol. The second-order valence-electron chi connectivity index (χ2n) is 2.49. The first-order chi connectivity index (χ1) is 6.41. The standard InChI is InChI=1S/C6H13N5O3/c7-3(11-6(10)13)1-2-4(12)14-5(8)9/h3H,1-2,7H2,(H3,8,9)(H3,10,11,13). The van der Waals surface area contributed by atoms with E-state index in [1.54, 1.807) is 0 Å². The van der Waals surface area contributed by atoms with Crippen molar-refractivity contribution in [3.63, 3.8) is 0 Å². The number of amides is 2. The lowest BCUT2D eigenvalue weighted by molar-refractivity contribution is -0.135. The molecule has 0 aliphatic rings. The van der Waals surface area contributed by atoms with Crippen molar-refractivity contribution in [1.82, 2.24) is 5.32 Å². The summed E-state index contributed by atoms with van der Waals surface area (Å²) >= 11 is 0. The molecule has 14 heavy (non-hydrogen) atoms. The lowest BCUT2D eigenvalue weighted by Gasteiger charge is -2.10. The lowest BCUT2D eigenvalue weighted by atomic mass is 10.2. The molecule has 0 spiro atoms. The van der Waals surface area contributed by atoms with E-state index in [4.69, 9.17) is 22.6 Å². The van der Waals surface area contributed by atoms with Gasteiger partial charge in [0.15, 0.2) is 0 Å². The number of esters is 1. The number of hydrogen-bond donors (Lipinski definition) is 5. The number of urea groups is 1. The summed E-state index contributed by atoms with van der Waals surface area (Å²) in [5.41, 5.74) is 14.9. The second kappa shape index (κ2) is 5.75. The number of ether oxygens (including phenoxy) is 1. The van der Waals surface area contributed by atoms with Gasteiger partial charge in [-0.25, -0.2) is 4.79 Å². The van der Waals surface area contributed by atoms with Gasteiger partial charge in [-0.15, -0.1) is 0 Å². The molecule has 0 aliphatic heterocycles. The minimum absolute atomic E-state index is 0.0545. The Balaban J connectivity index is 3.66. The number of primary amides is 1. The van der Waals surface area contributed by atoms with E-state index in [0.717, 1.165) is 0 Å². The molecule has 80 valence electrons. The minimum atomic E-state index is -0.766. The van der Waals surface area contributed by atoms with Gasteiger partial charge in [0.25, 0.3) is 6.02 Å². The van der Waals surface area contributed by atoms with Crippen LogP contribution in [0, 0.1) is 5.41 Å². The predicted octanol–water partition coefficient (Wildman–Crippen LogP) is -1.84. The van der Waals surface area contributed by atoms with Gasteiger partial charge < -0.3 is 27.3 Å². The maximum absolute atomic E-state index is 10.8. The molecule has 0 radical (unpaired) electrons. The van der Waals surface area contributed by atoms with Crippen molar-refractivity contribution in [2.45, 2.75) is 19.0 Å². The SMILES string of the molecule is N=C(N)OC(=O)CCC(N)NC(N)=O. The first-order valence-corrected chi connectivity index (χ1v) is 3.78. The molecule has 0 fully saturated rings. The Hall–Kier alpha value is -1.83. The van der Waals surface area contributed by atoms with Crippen LogP contribution in [0.5, 0.6) is 0 Å². The summed E-state index contributed by atoms with van der Waals surface area (Å²) in [5.74, 6) is -0.681. The largest absolute Gasteiger partial charge is 0.393 e. The van der Waals surface area contributed by atoms with Crippen molar-refractivity contribution < 1.29 is 14.3 Å². The molecule has 8 nitrogen and oxygen atoms in total. The number of rotatable bonds is 4. The number of amidine groups is 1. The zero-order valence-corrected chi connectivity index (χ0v) is 7.45. The van der Waals surface area contributed by atoms with Crippen LogP contribution < -0.4 is 22.5 Å². The normalized spacial score (nSPS) is 11.5. The van der Waals surface area contributed by atoms with Crippen LogP contribution in [0.2, 0.25) is 0 Å². The van der Waals surface area contributed by atoms with E-state index in [1.165, 1.54) is 0 Å². The summed E-state index contributed by atoms with van der Waals surface area (Å²) < 4.78 is 4.23. The molecule has 0 aromatic heterocycles. The molecule has 1 atom stereocenters. The Morgan fingerprint density at radius 3 is 2.43 bits per heavy atom. The molecule has 1 unspecified atom stereocenters. The highest BCUT2D eigenvalue weighted by Gasteiger charge is 2.09. The first kappa shape index (κ1) is 12.2. The van der Waals surface area contributed by atoms with Gasteiger partial charge in [-0.05, 0) is 6.42 Å². The van der Waals surface area contributed by atoms with Gasteiger partial charge in [-0.2, -0.15) is 0 Å². The Kier molecular flexibility index (Phi) is 5.00. The molecule has 8 N–H and O–H groups in total. The van der Waals surface area contributed by atoms with Crippen LogP contribution in [-0.4, -0.2) is 24.2 Å². The van der Waals surface area contributed by atoms with Crippen LogP contribution >= 0.6 is 0 Å². The maximum Gasteiger partial charge on any atom is 0.313 e. The zero-order chi connectivity index (χ0) is 11.1. The van der Waals surface area contributed by atoms with E-state index in [0.29, 0.717) is 0 Å². The summed E-state index contributed by atoms with van der Waals surface area (Å²) in [6.07, 6.45) is -0.609. The number of nitrogens with two attached hydrogens (primary N) is 3. The fourth-order valence-electron chi connectivity index (χ4n) is 0.702. The maximum atomic E-state index is 10.8. The number of hydrogen-bond acceptors (Lipinski definition) is 5. The minimum Gasteiger partial charge on any atom is -0.393 e. The predicted molar refractivity (Wildman–Crippen MR) is 47.9 cm³/mol. The highest BCUT2D eigenvalue weighted by Crippen LogP contribution is 1.94. The number of carbonyl (C=O) groups excluding carboxylic acids is 2. The van der Waals surface area contributed by atoms with Crippen molar-refractivity contribution >= 4 is 18.0 Å². The molecule has 0 saturated carbocycles. The molecule has 0 aromatic carbocycles. The van der Waals surface area contributed by atoms with Crippen LogP contribution in [0.1, 0.15) is 12.8 Å². The van der Waals surface area contributed by atoms with Crippen molar-refractivity contribution in [2.75, 3.05) is 0 Å². The number of nitrogens with one attached hydrogen (secondary N) is 2. The van der Waals surface area contributed by atoms with Crippen molar-refractivity contribution in [3.8, 4) is 0 Å². The summed E-state index contributed by atoms with van der Waals surface area (Å²) in [5, 5.41) is 8.81. The molecule has 0 rings (SSSR count). The van der Waals surface area contributed by atoms with Gasteiger partial charge in [0.05, 0.1) is 6.17 Å². The highest BCUT2D eigenvalue weighted by atomic mass is 16.5. The van der Waals surface area contributed by atoms with Gasteiger partial charge in [-0.1, -0.05) is 0 Å². The zero-order valence-electron chi connectivity index (χ0n) is 7.45. The molecule has 0 heterocycles. The Morgan fingerprint density at radius 2 is 2.00 bits per heavy atom. The van der Waals surface area contributed by atoms with Crippen LogP contribution in [0.25, 0.3) is 0 Å². The third kappa shape index (κ3) is 6.85.